The van der Waals surface area contributed by atoms with Gasteiger partial charge in [0.05, 0.1) is 0 Å². The van der Waals surface area contributed by atoms with Crippen molar-refractivity contribution in [1.29, 1.82) is 0 Å². The zero-order valence-corrected chi connectivity index (χ0v) is 11.3. The number of hydrogen-bond donors (Lipinski definition) is 3. The van der Waals surface area contributed by atoms with Gasteiger partial charge in [-0.25, -0.2) is 4.79 Å². The predicted octanol–water partition coefficient (Wildman–Crippen LogP) is 0.147. The van der Waals surface area contributed by atoms with Crippen molar-refractivity contribution in [3.8, 4) is 0 Å². The van der Waals surface area contributed by atoms with Gasteiger partial charge in [0.15, 0.2) is 0 Å². The Kier molecular flexibility index (Phi) is 4.74. The van der Waals surface area contributed by atoms with Gasteiger partial charge in [-0.1, -0.05) is 0 Å². The van der Waals surface area contributed by atoms with Crippen molar-refractivity contribution in [1.82, 2.24) is 10.2 Å². The number of hydrogen-bond acceptors (Lipinski definition) is 3. The normalized spacial score (nSPS) is 17.1. The monoisotopic (exact) mass is 271 g/mol. The van der Waals surface area contributed by atoms with E-state index in [1.807, 2.05) is 0 Å². The third kappa shape index (κ3) is 4.42. The number of carbonyl (C=O) groups is 3. The van der Waals surface area contributed by atoms with E-state index in [2.05, 4.69) is 5.32 Å². The molecule has 0 aromatic carbocycles. The Morgan fingerprint density at radius 1 is 1.32 bits per heavy atom. The van der Waals surface area contributed by atoms with Gasteiger partial charge in [-0.2, -0.15) is 0 Å². The number of nitrogens with one attached hydrogen (secondary N) is 1. The molecule has 1 heterocycles. The fraction of sp³-hybridized carbons (Fsp3) is 0.750. The highest BCUT2D eigenvalue weighted by Crippen LogP contribution is 2.20. The molecule has 0 radical (unpaired) electrons. The summed E-state index contributed by atoms with van der Waals surface area (Å²) in [7, 11) is 0. The summed E-state index contributed by atoms with van der Waals surface area (Å²) in [6, 6.07) is -0.336. The summed E-state index contributed by atoms with van der Waals surface area (Å²) in [5.41, 5.74) is 4.10. The highest BCUT2D eigenvalue weighted by molar-refractivity contribution is 5.89. The van der Waals surface area contributed by atoms with Gasteiger partial charge in [0.2, 0.25) is 5.91 Å². The van der Waals surface area contributed by atoms with Crippen molar-refractivity contribution in [2.24, 2.45) is 11.7 Å². The number of urea groups is 1. The van der Waals surface area contributed by atoms with E-state index in [4.69, 9.17) is 10.8 Å². The van der Waals surface area contributed by atoms with Crippen LogP contribution in [-0.2, 0) is 9.59 Å². The predicted molar refractivity (Wildman–Crippen MR) is 68.4 cm³/mol. The van der Waals surface area contributed by atoms with Crippen molar-refractivity contribution in [3.63, 3.8) is 0 Å². The minimum absolute atomic E-state index is 0.116. The summed E-state index contributed by atoms with van der Waals surface area (Å²) in [5, 5.41) is 11.3. The Hall–Kier alpha value is -1.79. The Balaban J connectivity index is 2.45. The second-order valence-electron chi connectivity index (χ2n) is 5.45. The number of primary amides is 1. The third-order valence-corrected chi connectivity index (χ3v) is 3.40. The average molecular weight is 271 g/mol. The van der Waals surface area contributed by atoms with Crippen molar-refractivity contribution in [2.75, 3.05) is 13.1 Å². The molecule has 108 valence electrons. The zero-order valence-electron chi connectivity index (χ0n) is 11.3. The van der Waals surface area contributed by atoms with Crippen LogP contribution >= 0.6 is 0 Å². The molecule has 0 aromatic heterocycles. The van der Waals surface area contributed by atoms with Gasteiger partial charge in [0.1, 0.15) is 5.54 Å². The quantitative estimate of drug-likeness (QED) is 0.675. The Morgan fingerprint density at radius 2 is 1.84 bits per heavy atom. The molecule has 7 heteroatoms. The molecule has 0 saturated carbocycles. The fourth-order valence-corrected chi connectivity index (χ4v) is 2.00. The largest absolute Gasteiger partial charge is 0.481 e. The summed E-state index contributed by atoms with van der Waals surface area (Å²) >= 11 is 0. The van der Waals surface area contributed by atoms with E-state index in [1.165, 1.54) is 0 Å². The van der Waals surface area contributed by atoms with E-state index in [0.29, 0.717) is 25.9 Å². The molecular weight excluding hydrogens is 250 g/mol. The first-order valence-corrected chi connectivity index (χ1v) is 6.31. The molecule has 0 bridgehead atoms. The van der Waals surface area contributed by atoms with Crippen LogP contribution in [0.25, 0.3) is 0 Å². The number of nitrogens with zero attached hydrogens (tertiary/aromatic N) is 1. The lowest BCUT2D eigenvalue weighted by molar-refractivity contribution is -0.138. The van der Waals surface area contributed by atoms with E-state index >= 15 is 0 Å². The Bertz CT molecular complexity index is 373. The van der Waals surface area contributed by atoms with E-state index < -0.39 is 17.4 Å². The molecule has 7 nitrogen and oxygen atoms in total. The Labute approximate surface area is 112 Å². The van der Waals surface area contributed by atoms with Crippen LogP contribution in [-0.4, -0.2) is 46.5 Å². The molecule has 1 rings (SSSR count). The number of piperidine rings is 1. The van der Waals surface area contributed by atoms with Crippen LogP contribution in [0.1, 0.15) is 33.1 Å². The minimum Gasteiger partial charge on any atom is -0.481 e. The Morgan fingerprint density at radius 3 is 2.26 bits per heavy atom. The lowest BCUT2D eigenvalue weighted by Gasteiger charge is -2.34. The lowest BCUT2D eigenvalue weighted by Crippen LogP contribution is -2.57. The molecular formula is C12H21N3O4. The number of rotatable bonds is 4. The van der Waals surface area contributed by atoms with Gasteiger partial charge in [-0.3, -0.25) is 9.59 Å². The molecule has 0 aromatic rings. The maximum absolute atomic E-state index is 11.9. The topological polar surface area (TPSA) is 113 Å². The number of aliphatic carboxylic acids is 1. The van der Waals surface area contributed by atoms with Crippen molar-refractivity contribution in [2.45, 2.75) is 38.6 Å². The molecule has 1 fully saturated rings. The number of carbonyl (C=O) groups excluding carboxylic acids is 2. The third-order valence-electron chi connectivity index (χ3n) is 3.40. The van der Waals surface area contributed by atoms with E-state index in [-0.39, 0.29) is 18.4 Å². The second-order valence-corrected chi connectivity index (χ2v) is 5.45. The molecule has 3 amide bonds. The smallest absolute Gasteiger partial charge is 0.318 e. The zero-order chi connectivity index (χ0) is 14.6. The highest BCUT2D eigenvalue weighted by atomic mass is 16.4. The lowest BCUT2D eigenvalue weighted by atomic mass is 9.94. The average Bonchev–Trinajstić information content (AvgIpc) is 2.28. The molecule has 4 N–H and O–H groups in total. The molecule has 1 aliphatic heterocycles. The van der Waals surface area contributed by atoms with Gasteiger partial charge in [0, 0.05) is 19.5 Å². The number of nitrogens with two attached hydrogens (primary N) is 1. The van der Waals surface area contributed by atoms with Crippen LogP contribution in [0.5, 0.6) is 0 Å². The fourth-order valence-electron chi connectivity index (χ4n) is 2.00. The molecule has 1 aliphatic rings. The second kappa shape index (κ2) is 5.90. The van der Waals surface area contributed by atoms with Crippen LogP contribution < -0.4 is 11.1 Å². The highest BCUT2D eigenvalue weighted by Gasteiger charge is 2.31. The first-order chi connectivity index (χ1) is 8.72. The minimum atomic E-state index is -1.09. The number of carboxylic acids is 1. The summed E-state index contributed by atoms with van der Waals surface area (Å²) < 4.78 is 0. The molecule has 1 saturated heterocycles. The van der Waals surface area contributed by atoms with Gasteiger partial charge in [0.25, 0.3) is 0 Å². The SMILES string of the molecule is CC(C)(NC(=O)N1CCC(CC(=O)O)CC1)C(N)=O. The van der Waals surface area contributed by atoms with Crippen molar-refractivity contribution >= 4 is 17.9 Å². The van der Waals surface area contributed by atoms with Crippen LogP contribution in [0.3, 0.4) is 0 Å². The van der Waals surface area contributed by atoms with Gasteiger partial charge >= 0.3 is 12.0 Å². The number of amides is 3. The molecule has 0 unspecified atom stereocenters. The summed E-state index contributed by atoms with van der Waals surface area (Å²) in [6.07, 6.45) is 1.47. The van der Waals surface area contributed by atoms with Crippen LogP contribution in [0.2, 0.25) is 0 Å². The summed E-state index contributed by atoms with van der Waals surface area (Å²) in [4.78, 5) is 35.3. The van der Waals surface area contributed by atoms with E-state index in [0.717, 1.165) is 0 Å². The van der Waals surface area contributed by atoms with Crippen LogP contribution in [0, 0.1) is 5.92 Å². The molecule has 0 atom stereocenters. The summed E-state index contributed by atoms with van der Waals surface area (Å²) in [5.74, 6) is -1.29. The molecule has 0 aliphatic carbocycles. The number of likely N-dealkylation sites (tertiary alicyclic amines) is 1. The van der Waals surface area contributed by atoms with Gasteiger partial charge in [-0.05, 0) is 32.6 Å². The van der Waals surface area contributed by atoms with Crippen LogP contribution in [0.4, 0.5) is 4.79 Å². The standard InChI is InChI=1S/C12H21N3O4/c1-12(2,10(13)18)14-11(19)15-5-3-8(4-6-15)7-9(16)17/h8H,3-7H2,1-2H3,(H2,13,18)(H,14,19)(H,16,17). The number of carboxylic acid groups (broad SMARTS) is 1. The molecule has 19 heavy (non-hydrogen) atoms. The van der Waals surface area contributed by atoms with E-state index in [9.17, 15) is 14.4 Å². The first-order valence-electron chi connectivity index (χ1n) is 6.31. The van der Waals surface area contributed by atoms with E-state index in [1.54, 1.807) is 18.7 Å². The van der Waals surface area contributed by atoms with Gasteiger partial charge < -0.3 is 21.1 Å². The maximum atomic E-state index is 11.9. The van der Waals surface area contributed by atoms with Crippen LogP contribution in [0.15, 0.2) is 0 Å². The summed E-state index contributed by atoms with van der Waals surface area (Å²) in [6.45, 7) is 4.09. The van der Waals surface area contributed by atoms with Crippen molar-refractivity contribution < 1.29 is 19.5 Å². The maximum Gasteiger partial charge on any atom is 0.318 e. The van der Waals surface area contributed by atoms with Gasteiger partial charge in [-0.15, -0.1) is 0 Å². The first kappa shape index (κ1) is 15.3. The van der Waals surface area contributed by atoms with Crippen molar-refractivity contribution in [3.05, 3.63) is 0 Å². The molecule has 0 spiro atoms.